The van der Waals surface area contributed by atoms with E-state index in [1.165, 1.54) is 6.33 Å². The summed E-state index contributed by atoms with van der Waals surface area (Å²) in [6.45, 7) is 0. The monoisotopic (exact) mass is 222 g/mol. The molecule has 4 nitrogen and oxygen atoms in total. The van der Waals surface area contributed by atoms with Gasteiger partial charge in [-0.15, -0.1) is 0 Å². The molecule has 4 heteroatoms. The second-order valence-corrected chi connectivity index (χ2v) is 3.59. The van der Waals surface area contributed by atoms with Crippen molar-refractivity contribution in [1.82, 2.24) is 19.6 Å². The van der Waals surface area contributed by atoms with Crippen molar-refractivity contribution < 1.29 is 0 Å². The zero-order valence-electron chi connectivity index (χ0n) is 9.06. The van der Waals surface area contributed by atoms with E-state index in [-0.39, 0.29) is 0 Å². The minimum Gasteiger partial charge on any atom is -0.220 e. The van der Waals surface area contributed by atoms with Gasteiger partial charge in [-0.3, -0.25) is 0 Å². The number of nitrogens with zero attached hydrogens (tertiary/aromatic N) is 4. The van der Waals surface area contributed by atoms with Gasteiger partial charge in [-0.2, -0.15) is 14.6 Å². The fourth-order valence-corrected chi connectivity index (χ4v) is 1.63. The van der Waals surface area contributed by atoms with Gasteiger partial charge in [-0.25, -0.2) is 4.98 Å². The second-order valence-electron chi connectivity index (χ2n) is 3.59. The Morgan fingerprint density at radius 2 is 1.82 bits per heavy atom. The Morgan fingerprint density at radius 1 is 0.941 bits per heavy atom. The molecule has 0 aliphatic rings. The maximum absolute atomic E-state index is 4.12. The molecule has 3 rings (SSSR count). The summed E-state index contributed by atoms with van der Waals surface area (Å²) in [6, 6.07) is 12.0. The molecule has 1 aromatic carbocycles. The van der Waals surface area contributed by atoms with Gasteiger partial charge >= 0.3 is 0 Å². The minimum absolute atomic E-state index is 0.611. The smallest absolute Gasteiger partial charge is 0.220 e. The summed E-state index contributed by atoms with van der Waals surface area (Å²) in [4.78, 5) is 8.15. The van der Waals surface area contributed by atoms with Crippen molar-refractivity contribution in [2.45, 2.75) is 0 Å². The van der Waals surface area contributed by atoms with Crippen molar-refractivity contribution in [3.63, 3.8) is 0 Å². The molecular formula is C13H10N4. The van der Waals surface area contributed by atoms with Crippen LogP contribution in [0.15, 0.2) is 48.9 Å². The molecule has 2 aromatic heterocycles. The molecule has 0 aliphatic heterocycles. The Kier molecular flexibility index (Phi) is 2.38. The lowest BCUT2D eigenvalue weighted by atomic mass is 10.2. The van der Waals surface area contributed by atoms with Crippen LogP contribution in [0.1, 0.15) is 11.3 Å². The van der Waals surface area contributed by atoms with Crippen LogP contribution in [0.2, 0.25) is 0 Å². The molecule has 0 aliphatic carbocycles. The third-order valence-corrected chi connectivity index (χ3v) is 2.46. The lowest BCUT2D eigenvalue weighted by molar-refractivity contribution is 0.927. The number of hydrogen-bond acceptors (Lipinski definition) is 3. The first-order valence-electron chi connectivity index (χ1n) is 5.31. The van der Waals surface area contributed by atoms with Gasteiger partial charge in [0.15, 0.2) is 0 Å². The Bertz CT molecular complexity index is 655. The number of benzene rings is 1. The zero-order valence-corrected chi connectivity index (χ0v) is 9.06. The number of aromatic nitrogens is 4. The molecule has 3 aromatic rings. The standard InChI is InChI=1S/C13H10N4/c1-2-4-11(5-3-1)6-7-12-8-9-14-13-15-10-16-17(12)13/h1-10H. The SMILES string of the molecule is C(=Cc1ccnc2ncnn12)c1ccccc1. The van der Waals surface area contributed by atoms with Crippen molar-refractivity contribution in [3.8, 4) is 0 Å². The van der Waals surface area contributed by atoms with Crippen LogP contribution >= 0.6 is 0 Å². The van der Waals surface area contributed by atoms with Crippen molar-refractivity contribution in [1.29, 1.82) is 0 Å². The minimum atomic E-state index is 0.611. The van der Waals surface area contributed by atoms with E-state index >= 15 is 0 Å². The molecule has 0 fully saturated rings. The summed E-state index contributed by atoms with van der Waals surface area (Å²) in [6.07, 6.45) is 7.27. The van der Waals surface area contributed by atoms with Crippen LogP contribution in [-0.2, 0) is 0 Å². The first-order valence-corrected chi connectivity index (χ1v) is 5.31. The van der Waals surface area contributed by atoms with Gasteiger partial charge in [0.05, 0.1) is 5.69 Å². The van der Waals surface area contributed by atoms with Crippen LogP contribution in [-0.4, -0.2) is 19.6 Å². The van der Waals surface area contributed by atoms with Crippen LogP contribution in [0.3, 0.4) is 0 Å². The molecule has 82 valence electrons. The first-order chi connectivity index (χ1) is 8.43. The molecule has 0 amide bonds. The highest BCUT2D eigenvalue weighted by molar-refractivity contribution is 5.68. The quantitative estimate of drug-likeness (QED) is 0.668. The number of fused-ring (bicyclic) bond motifs is 1. The van der Waals surface area contributed by atoms with Crippen LogP contribution in [0.25, 0.3) is 17.9 Å². The van der Waals surface area contributed by atoms with Crippen LogP contribution in [0.5, 0.6) is 0 Å². The summed E-state index contributed by atoms with van der Waals surface area (Å²) < 4.78 is 1.71. The van der Waals surface area contributed by atoms with Gasteiger partial charge in [0.2, 0.25) is 0 Å². The van der Waals surface area contributed by atoms with E-state index in [0.29, 0.717) is 5.78 Å². The first kappa shape index (κ1) is 9.72. The predicted molar refractivity (Wildman–Crippen MR) is 66.2 cm³/mol. The maximum Gasteiger partial charge on any atom is 0.252 e. The molecule has 0 spiro atoms. The van der Waals surface area contributed by atoms with Gasteiger partial charge in [-0.1, -0.05) is 36.4 Å². The highest BCUT2D eigenvalue weighted by Gasteiger charge is 1.98. The van der Waals surface area contributed by atoms with E-state index in [2.05, 4.69) is 27.2 Å². The topological polar surface area (TPSA) is 43.1 Å². The lowest BCUT2D eigenvalue weighted by Gasteiger charge is -1.97. The third-order valence-electron chi connectivity index (χ3n) is 2.46. The summed E-state index contributed by atoms with van der Waals surface area (Å²) in [7, 11) is 0. The van der Waals surface area contributed by atoms with Crippen molar-refractivity contribution in [3.05, 3.63) is 60.2 Å². The number of hydrogen-bond donors (Lipinski definition) is 0. The molecule has 0 N–H and O–H groups in total. The summed E-state index contributed by atoms with van der Waals surface area (Å²) in [5.41, 5.74) is 2.11. The molecule has 0 saturated heterocycles. The second kappa shape index (κ2) is 4.17. The Morgan fingerprint density at radius 3 is 2.71 bits per heavy atom. The largest absolute Gasteiger partial charge is 0.252 e. The van der Waals surface area contributed by atoms with Crippen molar-refractivity contribution in [2.24, 2.45) is 0 Å². The van der Waals surface area contributed by atoms with Crippen molar-refractivity contribution >= 4 is 17.9 Å². The maximum atomic E-state index is 4.12. The van der Waals surface area contributed by atoms with Crippen molar-refractivity contribution in [2.75, 3.05) is 0 Å². The van der Waals surface area contributed by atoms with E-state index in [9.17, 15) is 0 Å². The highest BCUT2D eigenvalue weighted by Crippen LogP contribution is 2.07. The van der Waals surface area contributed by atoms with Crippen LogP contribution in [0, 0.1) is 0 Å². The van der Waals surface area contributed by atoms with E-state index in [1.54, 1.807) is 10.7 Å². The van der Waals surface area contributed by atoms with Gasteiger partial charge in [0.25, 0.3) is 5.78 Å². The third kappa shape index (κ3) is 1.92. The van der Waals surface area contributed by atoms with Crippen LogP contribution < -0.4 is 0 Å². The van der Waals surface area contributed by atoms with E-state index in [0.717, 1.165) is 11.3 Å². The average molecular weight is 222 g/mol. The van der Waals surface area contributed by atoms with Crippen LogP contribution in [0.4, 0.5) is 0 Å². The molecule has 0 unspecified atom stereocenters. The predicted octanol–water partition coefficient (Wildman–Crippen LogP) is 2.29. The molecule has 0 radical (unpaired) electrons. The number of rotatable bonds is 2. The molecular weight excluding hydrogens is 212 g/mol. The Balaban J connectivity index is 2.00. The average Bonchev–Trinajstić information content (AvgIpc) is 2.86. The van der Waals surface area contributed by atoms with E-state index in [1.807, 2.05) is 36.4 Å². The Labute approximate surface area is 98.3 Å². The Hall–Kier alpha value is -2.49. The summed E-state index contributed by atoms with van der Waals surface area (Å²) >= 11 is 0. The fraction of sp³-hybridized carbons (Fsp3) is 0. The zero-order chi connectivity index (χ0) is 11.5. The summed E-state index contributed by atoms with van der Waals surface area (Å²) in [5, 5.41) is 4.12. The highest BCUT2D eigenvalue weighted by atomic mass is 15.3. The van der Waals surface area contributed by atoms with Gasteiger partial charge < -0.3 is 0 Å². The van der Waals surface area contributed by atoms with E-state index < -0.39 is 0 Å². The molecule has 0 atom stereocenters. The molecule has 0 bridgehead atoms. The lowest BCUT2D eigenvalue weighted by Crippen LogP contribution is -1.94. The normalized spacial score (nSPS) is 11.3. The van der Waals surface area contributed by atoms with Gasteiger partial charge in [0, 0.05) is 6.20 Å². The molecule has 17 heavy (non-hydrogen) atoms. The fourth-order valence-electron chi connectivity index (χ4n) is 1.63. The van der Waals surface area contributed by atoms with E-state index in [4.69, 9.17) is 0 Å². The van der Waals surface area contributed by atoms with Gasteiger partial charge in [0.1, 0.15) is 6.33 Å². The molecule has 2 heterocycles. The van der Waals surface area contributed by atoms with Gasteiger partial charge in [-0.05, 0) is 17.7 Å². The molecule has 0 saturated carbocycles. The summed E-state index contributed by atoms with van der Waals surface area (Å²) in [5.74, 6) is 0.611.